The first-order valence-corrected chi connectivity index (χ1v) is 6.59. The van der Waals surface area contributed by atoms with Gasteiger partial charge in [-0.15, -0.1) is 0 Å². The third-order valence-electron chi connectivity index (χ3n) is 3.23. The lowest BCUT2D eigenvalue weighted by atomic mass is 10.1. The molecular weight excluding hydrogens is 238 g/mol. The summed E-state index contributed by atoms with van der Waals surface area (Å²) in [7, 11) is 0. The van der Waals surface area contributed by atoms with Crippen molar-refractivity contribution < 1.29 is 4.42 Å². The highest BCUT2D eigenvalue weighted by atomic mass is 16.3. The molecule has 0 radical (unpaired) electrons. The molecule has 0 saturated heterocycles. The maximum absolute atomic E-state index is 5.28. The van der Waals surface area contributed by atoms with E-state index < -0.39 is 0 Å². The normalized spacial score (nSPS) is 11.3. The van der Waals surface area contributed by atoms with Gasteiger partial charge in [-0.05, 0) is 31.0 Å². The van der Waals surface area contributed by atoms with Crippen molar-refractivity contribution in [1.82, 2.24) is 15.0 Å². The Morgan fingerprint density at radius 1 is 1.21 bits per heavy atom. The highest BCUT2D eigenvalue weighted by molar-refractivity contribution is 5.84. The lowest BCUT2D eigenvalue weighted by molar-refractivity contribution is 0.521. The van der Waals surface area contributed by atoms with E-state index in [0.29, 0.717) is 5.89 Å². The fraction of sp³-hybridized carbons (Fsp3) is 0.333. The highest BCUT2D eigenvalue weighted by Crippen LogP contribution is 2.26. The van der Waals surface area contributed by atoms with Crippen LogP contribution in [0, 0.1) is 13.8 Å². The minimum Gasteiger partial charge on any atom is -0.449 e. The van der Waals surface area contributed by atoms with E-state index in [-0.39, 0.29) is 0 Å². The number of benzene rings is 1. The summed E-state index contributed by atoms with van der Waals surface area (Å²) in [5.41, 5.74) is 5.21. The average molecular weight is 255 g/mol. The molecule has 19 heavy (non-hydrogen) atoms. The minimum absolute atomic E-state index is 0.684. The lowest BCUT2D eigenvalue weighted by Crippen LogP contribution is -1.84. The monoisotopic (exact) mass is 255 g/mol. The van der Waals surface area contributed by atoms with Gasteiger partial charge in [-0.2, -0.15) is 0 Å². The number of hydrogen-bond donors (Lipinski definition) is 1. The Hall–Kier alpha value is -2.10. The first-order valence-electron chi connectivity index (χ1n) is 6.59. The summed E-state index contributed by atoms with van der Waals surface area (Å²) in [6.45, 7) is 6.09. The fourth-order valence-electron chi connectivity index (χ4n) is 2.34. The Labute approximate surface area is 111 Å². The Kier molecular flexibility index (Phi) is 2.85. The molecule has 4 heteroatoms. The Bertz CT molecular complexity index is 724. The van der Waals surface area contributed by atoms with E-state index in [1.165, 1.54) is 0 Å². The van der Waals surface area contributed by atoms with E-state index in [0.717, 1.165) is 46.5 Å². The lowest BCUT2D eigenvalue weighted by Gasteiger charge is -1.99. The van der Waals surface area contributed by atoms with Crippen molar-refractivity contribution in [3.8, 4) is 11.3 Å². The molecule has 2 aromatic heterocycles. The first-order chi connectivity index (χ1) is 9.17. The number of rotatable bonds is 3. The van der Waals surface area contributed by atoms with E-state index in [9.17, 15) is 0 Å². The number of aryl methyl sites for hydroxylation is 3. The molecule has 1 N–H and O–H groups in total. The van der Waals surface area contributed by atoms with Crippen LogP contribution in [0.2, 0.25) is 0 Å². The van der Waals surface area contributed by atoms with Crippen LogP contribution in [-0.4, -0.2) is 15.0 Å². The number of imidazole rings is 1. The zero-order valence-electron chi connectivity index (χ0n) is 11.4. The van der Waals surface area contributed by atoms with Crippen molar-refractivity contribution >= 4 is 11.0 Å². The molecule has 98 valence electrons. The van der Waals surface area contributed by atoms with E-state index in [1.54, 1.807) is 6.26 Å². The van der Waals surface area contributed by atoms with Crippen LogP contribution in [0.3, 0.4) is 0 Å². The van der Waals surface area contributed by atoms with Crippen molar-refractivity contribution in [3.63, 3.8) is 0 Å². The van der Waals surface area contributed by atoms with E-state index in [4.69, 9.17) is 4.42 Å². The number of aromatic amines is 1. The number of nitrogens with one attached hydrogen (secondary N) is 1. The van der Waals surface area contributed by atoms with Crippen molar-refractivity contribution in [2.24, 2.45) is 0 Å². The number of hydrogen-bond acceptors (Lipinski definition) is 3. The average Bonchev–Trinajstić information content (AvgIpc) is 2.96. The van der Waals surface area contributed by atoms with E-state index >= 15 is 0 Å². The van der Waals surface area contributed by atoms with Gasteiger partial charge in [-0.1, -0.05) is 6.92 Å². The van der Waals surface area contributed by atoms with Crippen LogP contribution in [0.4, 0.5) is 0 Å². The Balaban J connectivity index is 2.12. The second-order valence-corrected chi connectivity index (χ2v) is 4.87. The first kappa shape index (κ1) is 12.0. The largest absolute Gasteiger partial charge is 0.449 e. The number of oxazole rings is 1. The van der Waals surface area contributed by atoms with Crippen LogP contribution in [0.1, 0.15) is 30.6 Å². The summed E-state index contributed by atoms with van der Waals surface area (Å²) in [6, 6.07) is 4.20. The second-order valence-electron chi connectivity index (χ2n) is 4.87. The quantitative estimate of drug-likeness (QED) is 0.774. The van der Waals surface area contributed by atoms with Gasteiger partial charge in [0, 0.05) is 18.9 Å². The summed E-state index contributed by atoms with van der Waals surface area (Å²) in [5, 5.41) is 0. The van der Waals surface area contributed by atoms with Crippen LogP contribution in [0.15, 0.2) is 22.8 Å². The van der Waals surface area contributed by atoms with Crippen LogP contribution in [-0.2, 0) is 6.42 Å². The molecule has 0 bridgehead atoms. The van der Waals surface area contributed by atoms with E-state index in [2.05, 4.69) is 40.9 Å². The molecule has 3 rings (SSSR count). The van der Waals surface area contributed by atoms with E-state index in [1.807, 2.05) is 6.92 Å². The Morgan fingerprint density at radius 2 is 2.05 bits per heavy atom. The van der Waals surface area contributed by atoms with Crippen molar-refractivity contribution in [2.75, 3.05) is 0 Å². The van der Waals surface area contributed by atoms with Crippen molar-refractivity contribution in [3.05, 3.63) is 35.7 Å². The van der Waals surface area contributed by atoms with Gasteiger partial charge in [0.25, 0.3) is 0 Å². The van der Waals surface area contributed by atoms with Gasteiger partial charge in [0.1, 0.15) is 17.8 Å². The summed E-state index contributed by atoms with van der Waals surface area (Å²) in [6.07, 6.45) is 3.76. The smallest absolute Gasteiger partial charge is 0.191 e. The summed E-state index contributed by atoms with van der Waals surface area (Å²) in [4.78, 5) is 12.4. The van der Waals surface area contributed by atoms with Crippen LogP contribution >= 0.6 is 0 Å². The molecular formula is C15H17N3O. The molecule has 1 aromatic carbocycles. The summed E-state index contributed by atoms with van der Waals surface area (Å²) >= 11 is 0. The molecule has 0 unspecified atom stereocenters. The predicted octanol–water partition coefficient (Wildman–Crippen LogP) is 3.79. The third-order valence-corrected chi connectivity index (χ3v) is 3.23. The van der Waals surface area contributed by atoms with Gasteiger partial charge in [0.15, 0.2) is 5.89 Å². The maximum atomic E-state index is 5.28. The van der Waals surface area contributed by atoms with Crippen LogP contribution in [0.5, 0.6) is 0 Å². The maximum Gasteiger partial charge on any atom is 0.191 e. The molecule has 0 amide bonds. The van der Waals surface area contributed by atoms with Gasteiger partial charge in [0.05, 0.1) is 11.0 Å². The van der Waals surface area contributed by atoms with Crippen molar-refractivity contribution in [1.29, 1.82) is 0 Å². The van der Waals surface area contributed by atoms with Gasteiger partial charge < -0.3 is 9.40 Å². The Morgan fingerprint density at radius 3 is 2.74 bits per heavy atom. The standard InChI is InChI=1S/C15H17N3O/c1-4-5-14-17-12-7-11(6-9(2)15(12)18-14)13-8-19-10(3)16-13/h6-8H,4-5H2,1-3H3,(H,17,18). The van der Waals surface area contributed by atoms with Gasteiger partial charge in [0.2, 0.25) is 0 Å². The molecule has 0 spiro atoms. The second kappa shape index (κ2) is 4.53. The predicted molar refractivity (Wildman–Crippen MR) is 75.1 cm³/mol. The third kappa shape index (κ3) is 2.14. The van der Waals surface area contributed by atoms with Gasteiger partial charge in [-0.3, -0.25) is 0 Å². The number of fused-ring (bicyclic) bond motifs is 1. The highest BCUT2D eigenvalue weighted by Gasteiger charge is 2.10. The SMILES string of the molecule is CCCc1nc2c(C)cc(-c3coc(C)n3)cc2[nH]1. The molecule has 0 aliphatic rings. The van der Waals surface area contributed by atoms with Gasteiger partial charge in [-0.25, -0.2) is 9.97 Å². The molecule has 2 heterocycles. The summed E-state index contributed by atoms with van der Waals surface area (Å²) < 4.78 is 5.28. The molecule has 0 fully saturated rings. The zero-order chi connectivity index (χ0) is 13.4. The zero-order valence-corrected chi connectivity index (χ0v) is 11.4. The topological polar surface area (TPSA) is 54.7 Å². The van der Waals surface area contributed by atoms with Crippen LogP contribution < -0.4 is 0 Å². The number of nitrogens with zero attached hydrogens (tertiary/aromatic N) is 2. The molecule has 3 aromatic rings. The van der Waals surface area contributed by atoms with Crippen LogP contribution in [0.25, 0.3) is 22.3 Å². The molecule has 0 aliphatic carbocycles. The number of aromatic nitrogens is 3. The molecule has 0 aliphatic heterocycles. The molecule has 4 nitrogen and oxygen atoms in total. The fourth-order valence-corrected chi connectivity index (χ4v) is 2.34. The molecule has 0 atom stereocenters. The minimum atomic E-state index is 0.684. The number of H-pyrrole nitrogens is 1. The molecule has 0 saturated carbocycles. The van der Waals surface area contributed by atoms with Gasteiger partial charge >= 0.3 is 0 Å². The summed E-state index contributed by atoms with van der Waals surface area (Å²) in [5.74, 6) is 1.73. The van der Waals surface area contributed by atoms with Crippen molar-refractivity contribution in [2.45, 2.75) is 33.6 Å².